The van der Waals surface area contributed by atoms with Crippen molar-refractivity contribution in [3.63, 3.8) is 0 Å². The molecule has 0 spiro atoms. The molecular formula is C32H63N3O4. The first-order chi connectivity index (χ1) is 17.4. The Bertz CT molecular complexity index is 770. The number of aliphatic hydroxyl groups excluding tert-OH is 4. The second-order valence-corrected chi connectivity index (χ2v) is 13.4. The summed E-state index contributed by atoms with van der Waals surface area (Å²) in [5.41, 5.74) is 2.92. The second-order valence-electron chi connectivity index (χ2n) is 13.4. The molecule has 0 aromatic carbocycles. The highest BCUT2D eigenvalue weighted by Gasteiger charge is 2.39. The molecule has 0 saturated carbocycles. The van der Waals surface area contributed by atoms with E-state index >= 15 is 0 Å². The number of hydrogen-bond acceptors (Lipinski definition) is 7. The van der Waals surface area contributed by atoms with Crippen LogP contribution in [0.3, 0.4) is 0 Å². The summed E-state index contributed by atoms with van der Waals surface area (Å²) < 4.78 is 0. The lowest BCUT2D eigenvalue weighted by Crippen LogP contribution is -2.37. The molecule has 230 valence electrons. The van der Waals surface area contributed by atoms with Crippen LogP contribution in [0.1, 0.15) is 104 Å². The van der Waals surface area contributed by atoms with Crippen LogP contribution in [0.5, 0.6) is 0 Å². The highest BCUT2D eigenvalue weighted by molar-refractivity contribution is 5.93. The molecular weight excluding hydrogens is 490 g/mol. The van der Waals surface area contributed by atoms with Crippen molar-refractivity contribution in [3.05, 3.63) is 0 Å². The third kappa shape index (κ3) is 10.0. The van der Waals surface area contributed by atoms with E-state index in [1.165, 1.54) is 12.1 Å². The first-order valence-corrected chi connectivity index (χ1v) is 14.9. The van der Waals surface area contributed by atoms with Crippen LogP contribution in [0.25, 0.3) is 0 Å². The third-order valence-electron chi connectivity index (χ3n) is 7.87. The molecule has 3 aliphatic rings. The molecule has 39 heavy (non-hydrogen) atoms. The minimum Gasteiger partial charge on any atom is -0.388 e. The molecule has 3 heterocycles. The normalized spacial score (nSPS) is 32.2. The van der Waals surface area contributed by atoms with Crippen LogP contribution in [0.15, 0.2) is 15.0 Å². The lowest BCUT2D eigenvalue weighted by Gasteiger charge is -2.18. The predicted octanol–water partition coefficient (Wildman–Crippen LogP) is 5.47. The van der Waals surface area contributed by atoms with E-state index in [0.717, 1.165) is 17.3 Å². The Hall–Kier alpha value is -1.15. The standard InChI is InChI=1S/C11H21N.2C10H19NO2.CH4/c1-7(2)10-6-9(5)11(12-10)8(3)4;2*1-5(2)7-9(12)10(13)8(11-7)6(3)4;/h7-10H,6H2,1-5H3;2*5-7,9-10,12-13H,1-4H3;1H4/t;7?,9-,10+;7?,9-,10-;/m.10./s1. The summed E-state index contributed by atoms with van der Waals surface area (Å²) in [5.74, 6) is 3.06. The van der Waals surface area contributed by atoms with Crippen LogP contribution < -0.4 is 0 Å². The fourth-order valence-corrected chi connectivity index (χ4v) is 5.43. The van der Waals surface area contributed by atoms with Crippen molar-refractivity contribution in [2.45, 2.75) is 146 Å². The molecule has 0 fully saturated rings. The van der Waals surface area contributed by atoms with Crippen molar-refractivity contribution in [1.29, 1.82) is 0 Å². The molecule has 7 heteroatoms. The largest absolute Gasteiger partial charge is 0.388 e. The fourth-order valence-electron chi connectivity index (χ4n) is 5.43. The molecule has 0 aromatic heterocycles. The van der Waals surface area contributed by atoms with E-state index < -0.39 is 24.4 Å². The van der Waals surface area contributed by atoms with E-state index in [-0.39, 0.29) is 43.2 Å². The maximum atomic E-state index is 9.68. The topological polar surface area (TPSA) is 118 Å². The number of rotatable bonds is 6. The van der Waals surface area contributed by atoms with Gasteiger partial charge in [0.25, 0.3) is 0 Å². The van der Waals surface area contributed by atoms with Gasteiger partial charge in [0.2, 0.25) is 0 Å². The molecule has 0 bridgehead atoms. The molecule has 8 atom stereocenters. The molecule has 4 N–H and O–H groups in total. The van der Waals surface area contributed by atoms with Crippen LogP contribution in [0.4, 0.5) is 0 Å². The van der Waals surface area contributed by atoms with Gasteiger partial charge in [0.15, 0.2) is 0 Å². The van der Waals surface area contributed by atoms with Gasteiger partial charge in [0.05, 0.1) is 18.1 Å². The Labute approximate surface area is 240 Å². The van der Waals surface area contributed by atoms with Crippen LogP contribution in [0.2, 0.25) is 0 Å². The van der Waals surface area contributed by atoms with Crippen LogP contribution >= 0.6 is 0 Å². The first-order valence-electron chi connectivity index (χ1n) is 14.9. The van der Waals surface area contributed by atoms with E-state index in [9.17, 15) is 20.4 Å². The Kier molecular flexibility index (Phi) is 15.9. The maximum absolute atomic E-state index is 9.68. The van der Waals surface area contributed by atoms with Crippen molar-refractivity contribution < 1.29 is 20.4 Å². The number of nitrogens with zero attached hydrogens (tertiary/aromatic N) is 3. The zero-order chi connectivity index (χ0) is 29.6. The smallest absolute Gasteiger partial charge is 0.120 e. The van der Waals surface area contributed by atoms with E-state index in [0.29, 0.717) is 17.9 Å². The molecule has 7 nitrogen and oxygen atoms in total. The summed E-state index contributed by atoms with van der Waals surface area (Å²) in [4.78, 5) is 13.5. The maximum Gasteiger partial charge on any atom is 0.120 e. The molecule has 0 saturated heterocycles. The first kappa shape index (κ1) is 37.9. The quantitative estimate of drug-likeness (QED) is 0.349. The van der Waals surface area contributed by atoms with E-state index in [1.807, 2.05) is 55.4 Å². The average Bonchev–Trinajstić information content (AvgIpc) is 3.44. The SMILES string of the molecule is C.CC(C)C1=NC(C(C)C)CC1C.CC(C)C1=NC(C(C)C)[C@@H](O)[C@H]1O.CC(C)C1=NC(C(C)C)[C@H](O)[C@H]1O. The van der Waals surface area contributed by atoms with E-state index in [4.69, 9.17) is 4.99 Å². The molecule has 0 radical (unpaired) electrons. The zero-order valence-electron chi connectivity index (χ0n) is 26.4. The Balaban J connectivity index is 0.000000549. The van der Waals surface area contributed by atoms with Crippen LogP contribution in [0, 0.1) is 41.4 Å². The Morgan fingerprint density at radius 1 is 0.538 bits per heavy atom. The van der Waals surface area contributed by atoms with Gasteiger partial charge in [0, 0.05) is 17.1 Å². The number of aliphatic hydroxyl groups is 4. The third-order valence-corrected chi connectivity index (χ3v) is 7.87. The van der Waals surface area contributed by atoms with E-state index in [2.05, 4.69) is 44.6 Å². The number of aliphatic imine (C=N–C) groups is 3. The average molecular weight is 554 g/mol. The lowest BCUT2D eigenvalue weighted by atomic mass is 9.92. The van der Waals surface area contributed by atoms with Crippen molar-refractivity contribution in [1.82, 2.24) is 0 Å². The van der Waals surface area contributed by atoms with Gasteiger partial charge in [-0.15, -0.1) is 0 Å². The Morgan fingerprint density at radius 3 is 1.03 bits per heavy atom. The van der Waals surface area contributed by atoms with Gasteiger partial charge in [-0.2, -0.15) is 0 Å². The molecule has 0 aromatic rings. The monoisotopic (exact) mass is 553 g/mol. The summed E-state index contributed by atoms with van der Waals surface area (Å²) in [6, 6.07) is 0.331. The van der Waals surface area contributed by atoms with Gasteiger partial charge >= 0.3 is 0 Å². The highest BCUT2D eigenvalue weighted by Crippen LogP contribution is 2.28. The Morgan fingerprint density at radius 2 is 0.872 bits per heavy atom. The fraction of sp³-hybridized carbons (Fsp3) is 0.906. The number of hydrogen-bond donors (Lipinski definition) is 4. The molecule has 0 amide bonds. The van der Waals surface area contributed by atoms with Gasteiger partial charge in [0.1, 0.15) is 24.4 Å². The summed E-state index contributed by atoms with van der Waals surface area (Å²) in [6.07, 6.45) is -1.67. The van der Waals surface area contributed by atoms with Gasteiger partial charge < -0.3 is 20.4 Å². The van der Waals surface area contributed by atoms with Crippen molar-refractivity contribution in [2.75, 3.05) is 0 Å². The summed E-state index contributed by atoms with van der Waals surface area (Å²) in [6.45, 7) is 27.3. The van der Waals surface area contributed by atoms with Crippen LogP contribution in [-0.2, 0) is 0 Å². The van der Waals surface area contributed by atoms with Crippen molar-refractivity contribution >= 4 is 17.1 Å². The molecule has 4 unspecified atom stereocenters. The minimum atomic E-state index is -0.757. The molecule has 3 rings (SSSR count). The van der Waals surface area contributed by atoms with Crippen molar-refractivity contribution in [2.24, 2.45) is 56.4 Å². The molecule has 3 aliphatic heterocycles. The summed E-state index contributed by atoms with van der Waals surface area (Å²) in [5, 5.41) is 38.7. The zero-order valence-corrected chi connectivity index (χ0v) is 26.4. The minimum absolute atomic E-state index is 0. The predicted molar refractivity (Wildman–Crippen MR) is 167 cm³/mol. The van der Waals surface area contributed by atoms with Gasteiger partial charge in [-0.05, 0) is 47.8 Å². The van der Waals surface area contributed by atoms with Gasteiger partial charge in [-0.1, -0.05) is 97.4 Å². The van der Waals surface area contributed by atoms with Gasteiger partial charge in [-0.3, -0.25) is 15.0 Å². The second kappa shape index (κ2) is 16.3. The molecule has 0 aliphatic carbocycles. The highest BCUT2D eigenvalue weighted by atomic mass is 16.3. The lowest BCUT2D eigenvalue weighted by molar-refractivity contribution is 0.0439. The summed E-state index contributed by atoms with van der Waals surface area (Å²) >= 11 is 0. The van der Waals surface area contributed by atoms with E-state index in [1.54, 1.807) is 0 Å². The summed E-state index contributed by atoms with van der Waals surface area (Å²) in [7, 11) is 0. The van der Waals surface area contributed by atoms with Gasteiger partial charge in [-0.25, -0.2) is 0 Å². The van der Waals surface area contributed by atoms with Crippen molar-refractivity contribution in [3.8, 4) is 0 Å². The van der Waals surface area contributed by atoms with Crippen LogP contribution in [-0.4, -0.2) is 80.1 Å².